The van der Waals surface area contributed by atoms with E-state index in [0.717, 1.165) is 37.3 Å². The normalized spacial score (nSPS) is 16.0. The van der Waals surface area contributed by atoms with Crippen molar-refractivity contribution in [3.63, 3.8) is 0 Å². The van der Waals surface area contributed by atoms with Gasteiger partial charge in [0.15, 0.2) is 11.5 Å². The lowest BCUT2D eigenvalue weighted by Crippen LogP contribution is -2.34. The predicted molar refractivity (Wildman–Crippen MR) is 109 cm³/mol. The second kappa shape index (κ2) is 8.69. The van der Waals surface area contributed by atoms with E-state index in [0.29, 0.717) is 48.3 Å². The van der Waals surface area contributed by atoms with Crippen molar-refractivity contribution < 1.29 is 14.3 Å². The molecule has 0 radical (unpaired) electrons. The average molecular weight is 402 g/mol. The van der Waals surface area contributed by atoms with Crippen LogP contribution in [0.5, 0.6) is 11.5 Å². The quantitative estimate of drug-likeness (QED) is 0.831. The Morgan fingerprint density at radius 2 is 2.00 bits per heavy atom. The van der Waals surface area contributed by atoms with E-state index < -0.39 is 0 Å². The number of carbonyl (C=O) groups is 1. The van der Waals surface area contributed by atoms with Gasteiger partial charge in [-0.2, -0.15) is 0 Å². The molecule has 1 saturated heterocycles. The smallest absolute Gasteiger partial charge is 0.255 e. The molecule has 4 rings (SSSR count). The van der Waals surface area contributed by atoms with Crippen molar-refractivity contribution in [1.82, 2.24) is 10.3 Å². The largest absolute Gasteiger partial charge is 0.486 e. The third kappa shape index (κ3) is 4.17. The molecule has 6 nitrogen and oxygen atoms in total. The Bertz CT molecular complexity index is 853. The van der Waals surface area contributed by atoms with Gasteiger partial charge in [-0.25, -0.2) is 4.98 Å². The fourth-order valence-corrected chi connectivity index (χ4v) is 3.94. The molecule has 0 unspecified atom stereocenters. The van der Waals surface area contributed by atoms with Gasteiger partial charge >= 0.3 is 0 Å². The molecule has 0 bridgehead atoms. The maximum Gasteiger partial charge on any atom is 0.255 e. The molecular formula is C21H24ClN3O3. The second-order valence-corrected chi connectivity index (χ2v) is 7.44. The molecule has 1 aromatic carbocycles. The number of fused-ring (bicyclic) bond motifs is 1. The summed E-state index contributed by atoms with van der Waals surface area (Å²) in [6.45, 7) is 3.43. The molecule has 0 atom stereocenters. The van der Waals surface area contributed by atoms with Gasteiger partial charge in [0.2, 0.25) is 0 Å². The topological polar surface area (TPSA) is 63.7 Å². The Labute approximate surface area is 169 Å². The van der Waals surface area contributed by atoms with Crippen LogP contribution in [-0.4, -0.2) is 43.7 Å². The molecule has 148 valence electrons. The van der Waals surface area contributed by atoms with E-state index in [4.69, 9.17) is 21.1 Å². The molecule has 1 aromatic heterocycles. The zero-order valence-corrected chi connectivity index (χ0v) is 16.5. The minimum Gasteiger partial charge on any atom is -0.486 e. The van der Waals surface area contributed by atoms with Gasteiger partial charge in [0.1, 0.15) is 19.0 Å². The highest BCUT2D eigenvalue weighted by molar-refractivity contribution is 6.32. The molecule has 7 heteroatoms. The molecule has 0 spiro atoms. The first-order valence-electron chi connectivity index (χ1n) is 9.78. The number of pyridine rings is 1. The number of nitrogens with zero attached hydrogens (tertiary/aromatic N) is 2. The number of carbonyl (C=O) groups excluding carboxylic acids is 1. The highest BCUT2D eigenvalue weighted by Crippen LogP contribution is 2.38. The number of amides is 1. The third-order valence-corrected chi connectivity index (χ3v) is 5.32. The number of ether oxygens (including phenoxy) is 2. The van der Waals surface area contributed by atoms with Crippen LogP contribution in [0.2, 0.25) is 5.02 Å². The lowest BCUT2D eigenvalue weighted by molar-refractivity contribution is 0.0954. The van der Waals surface area contributed by atoms with Crippen LogP contribution in [0.4, 0.5) is 5.82 Å². The maximum atomic E-state index is 12.7. The van der Waals surface area contributed by atoms with Gasteiger partial charge in [0.25, 0.3) is 5.91 Å². The summed E-state index contributed by atoms with van der Waals surface area (Å²) in [5.41, 5.74) is 1.63. The van der Waals surface area contributed by atoms with Gasteiger partial charge in [0, 0.05) is 25.8 Å². The summed E-state index contributed by atoms with van der Waals surface area (Å²) in [4.78, 5) is 19.4. The molecule has 2 aliphatic rings. The van der Waals surface area contributed by atoms with Crippen molar-refractivity contribution in [1.29, 1.82) is 0 Å². The van der Waals surface area contributed by atoms with E-state index in [2.05, 4.69) is 15.2 Å². The van der Waals surface area contributed by atoms with E-state index in [-0.39, 0.29) is 5.91 Å². The molecule has 0 aliphatic carbocycles. The maximum absolute atomic E-state index is 12.7. The zero-order chi connectivity index (χ0) is 19.3. The molecule has 3 heterocycles. The SMILES string of the molecule is O=C(NCCc1cc(Cl)c2c(c1)OCCO2)c1cccnc1N1CCCCC1. The van der Waals surface area contributed by atoms with Crippen LogP contribution < -0.4 is 19.7 Å². The van der Waals surface area contributed by atoms with Crippen molar-refractivity contribution in [2.75, 3.05) is 37.7 Å². The Kier molecular flexibility index (Phi) is 5.86. The van der Waals surface area contributed by atoms with Crippen molar-refractivity contribution in [2.24, 2.45) is 0 Å². The van der Waals surface area contributed by atoms with Crippen LogP contribution in [0.25, 0.3) is 0 Å². The summed E-state index contributed by atoms with van der Waals surface area (Å²) < 4.78 is 11.2. The first-order valence-corrected chi connectivity index (χ1v) is 10.2. The number of benzene rings is 1. The van der Waals surface area contributed by atoms with Crippen molar-refractivity contribution in [3.05, 3.63) is 46.6 Å². The summed E-state index contributed by atoms with van der Waals surface area (Å²) in [5, 5.41) is 3.55. The van der Waals surface area contributed by atoms with Crippen LogP contribution in [0.3, 0.4) is 0 Å². The predicted octanol–water partition coefficient (Wildman–Crippen LogP) is 3.47. The van der Waals surface area contributed by atoms with Crippen LogP contribution in [-0.2, 0) is 6.42 Å². The van der Waals surface area contributed by atoms with Crippen molar-refractivity contribution in [3.8, 4) is 11.5 Å². The van der Waals surface area contributed by atoms with Gasteiger partial charge in [-0.05, 0) is 55.5 Å². The van der Waals surface area contributed by atoms with E-state index in [1.54, 1.807) is 6.20 Å². The first-order chi connectivity index (χ1) is 13.7. The van der Waals surface area contributed by atoms with Gasteiger partial charge in [-0.3, -0.25) is 4.79 Å². The van der Waals surface area contributed by atoms with Crippen molar-refractivity contribution >= 4 is 23.3 Å². The Hall–Kier alpha value is -2.47. The molecular weight excluding hydrogens is 378 g/mol. The molecule has 1 amide bonds. The molecule has 2 aromatic rings. The third-order valence-electron chi connectivity index (χ3n) is 5.04. The number of piperidine rings is 1. The van der Waals surface area contributed by atoms with E-state index >= 15 is 0 Å². The highest BCUT2D eigenvalue weighted by Gasteiger charge is 2.20. The minimum absolute atomic E-state index is 0.0997. The average Bonchev–Trinajstić information content (AvgIpc) is 2.74. The Morgan fingerprint density at radius 1 is 1.18 bits per heavy atom. The molecule has 0 saturated carbocycles. The van der Waals surface area contributed by atoms with Crippen LogP contribution >= 0.6 is 11.6 Å². The summed E-state index contributed by atoms with van der Waals surface area (Å²) in [5.74, 6) is 1.95. The summed E-state index contributed by atoms with van der Waals surface area (Å²) in [6.07, 6.45) is 5.92. The number of hydrogen-bond donors (Lipinski definition) is 1. The van der Waals surface area contributed by atoms with Crippen LogP contribution in [0, 0.1) is 0 Å². The molecule has 1 N–H and O–H groups in total. The lowest BCUT2D eigenvalue weighted by atomic mass is 10.1. The minimum atomic E-state index is -0.0997. The molecule has 2 aliphatic heterocycles. The van der Waals surface area contributed by atoms with Gasteiger partial charge in [-0.15, -0.1) is 0 Å². The fraction of sp³-hybridized carbons (Fsp3) is 0.429. The monoisotopic (exact) mass is 401 g/mol. The van der Waals surface area contributed by atoms with Gasteiger partial charge in [-0.1, -0.05) is 11.6 Å². The fourth-order valence-electron chi connectivity index (χ4n) is 3.66. The standard InChI is InChI=1S/C21H24ClN3O3/c22-17-13-15(14-18-19(17)28-12-11-27-18)6-8-24-21(26)16-5-4-7-23-20(16)25-9-2-1-3-10-25/h4-5,7,13-14H,1-3,6,8-12H2,(H,24,26). The van der Waals surface area contributed by atoms with Crippen LogP contribution in [0.15, 0.2) is 30.5 Å². The number of nitrogens with one attached hydrogen (secondary N) is 1. The number of hydrogen-bond acceptors (Lipinski definition) is 5. The van der Waals surface area contributed by atoms with Crippen molar-refractivity contribution in [2.45, 2.75) is 25.7 Å². The summed E-state index contributed by atoms with van der Waals surface area (Å²) >= 11 is 6.29. The van der Waals surface area contributed by atoms with Gasteiger partial charge in [0.05, 0.1) is 10.6 Å². The number of halogens is 1. The van der Waals surface area contributed by atoms with E-state index in [1.807, 2.05) is 24.3 Å². The van der Waals surface area contributed by atoms with Crippen LogP contribution in [0.1, 0.15) is 35.2 Å². The summed E-state index contributed by atoms with van der Waals surface area (Å²) in [6, 6.07) is 7.44. The summed E-state index contributed by atoms with van der Waals surface area (Å²) in [7, 11) is 0. The van der Waals surface area contributed by atoms with E-state index in [1.165, 1.54) is 6.42 Å². The Balaban J connectivity index is 1.39. The highest BCUT2D eigenvalue weighted by atomic mass is 35.5. The van der Waals surface area contributed by atoms with Gasteiger partial charge < -0.3 is 19.7 Å². The number of aromatic nitrogens is 1. The lowest BCUT2D eigenvalue weighted by Gasteiger charge is -2.29. The number of anilines is 1. The second-order valence-electron chi connectivity index (χ2n) is 7.03. The molecule has 28 heavy (non-hydrogen) atoms. The first kappa shape index (κ1) is 18.9. The van der Waals surface area contributed by atoms with E-state index in [9.17, 15) is 4.79 Å². The number of rotatable bonds is 5. The molecule has 1 fully saturated rings. The Morgan fingerprint density at radius 3 is 2.86 bits per heavy atom. The zero-order valence-electron chi connectivity index (χ0n) is 15.7.